The SMILES string of the molecule is CN1CCN(c2cc(C3=NCc4ccc(OC5(C)CC5)cc43)ncn2)CC1=O. The fraction of sp³-hybridized carbons (Fsp3) is 0.429. The van der Waals surface area contributed by atoms with E-state index in [1.165, 1.54) is 5.56 Å². The number of nitrogens with zero attached hydrogens (tertiary/aromatic N) is 5. The summed E-state index contributed by atoms with van der Waals surface area (Å²) in [7, 11) is 1.83. The number of hydrogen-bond donors (Lipinski definition) is 0. The zero-order valence-corrected chi connectivity index (χ0v) is 16.2. The highest BCUT2D eigenvalue weighted by Crippen LogP contribution is 2.40. The van der Waals surface area contributed by atoms with Crippen molar-refractivity contribution in [3.63, 3.8) is 0 Å². The second-order valence-corrected chi connectivity index (χ2v) is 8.03. The van der Waals surface area contributed by atoms with E-state index < -0.39 is 0 Å². The van der Waals surface area contributed by atoms with Crippen molar-refractivity contribution in [1.82, 2.24) is 14.9 Å². The molecule has 1 aromatic heterocycles. The number of likely N-dealkylation sites (N-methyl/N-ethyl adjacent to an activating group) is 1. The van der Waals surface area contributed by atoms with Gasteiger partial charge in [-0.25, -0.2) is 9.97 Å². The maximum atomic E-state index is 12.0. The van der Waals surface area contributed by atoms with Gasteiger partial charge in [0, 0.05) is 31.8 Å². The molecule has 144 valence electrons. The summed E-state index contributed by atoms with van der Waals surface area (Å²) in [5.41, 5.74) is 3.88. The minimum absolute atomic E-state index is 0.0137. The summed E-state index contributed by atoms with van der Waals surface area (Å²) in [4.78, 5) is 29.4. The third kappa shape index (κ3) is 3.10. The maximum absolute atomic E-state index is 12.0. The van der Waals surface area contributed by atoms with Crippen molar-refractivity contribution >= 4 is 17.4 Å². The van der Waals surface area contributed by atoms with Gasteiger partial charge in [-0.1, -0.05) is 6.07 Å². The monoisotopic (exact) mass is 377 g/mol. The van der Waals surface area contributed by atoms with Gasteiger partial charge in [-0.2, -0.15) is 0 Å². The summed E-state index contributed by atoms with van der Waals surface area (Å²) in [6.45, 7) is 4.59. The molecular formula is C21H23N5O2. The molecule has 1 saturated heterocycles. The molecule has 3 aliphatic rings. The Hall–Kier alpha value is -2.96. The lowest BCUT2D eigenvalue weighted by Crippen LogP contribution is -2.48. The van der Waals surface area contributed by atoms with Crippen molar-refractivity contribution in [3.8, 4) is 5.75 Å². The molecule has 0 radical (unpaired) electrons. The average molecular weight is 377 g/mol. The number of carbonyl (C=O) groups is 1. The van der Waals surface area contributed by atoms with Crippen molar-refractivity contribution in [2.45, 2.75) is 31.9 Å². The Morgan fingerprint density at radius 1 is 1.14 bits per heavy atom. The smallest absolute Gasteiger partial charge is 0.241 e. The van der Waals surface area contributed by atoms with E-state index >= 15 is 0 Å². The van der Waals surface area contributed by atoms with E-state index in [1.807, 2.05) is 24.1 Å². The van der Waals surface area contributed by atoms with Crippen LogP contribution in [0.1, 0.15) is 36.6 Å². The second-order valence-electron chi connectivity index (χ2n) is 8.03. The highest BCUT2D eigenvalue weighted by Gasteiger charge is 2.40. The zero-order valence-electron chi connectivity index (χ0n) is 16.2. The second kappa shape index (κ2) is 6.29. The van der Waals surface area contributed by atoms with Gasteiger partial charge in [-0.3, -0.25) is 9.79 Å². The predicted octanol–water partition coefficient (Wildman–Crippen LogP) is 2.04. The Morgan fingerprint density at radius 2 is 2.00 bits per heavy atom. The molecule has 1 aliphatic carbocycles. The number of hydrogen-bond acceptors (Lipinski definition) is 6. The molecule has 0 bridgehead atoms. The summed E-state index contributed by atoms with van der Waals surface area (Å²) < 4.78 is 6.12. The van der Waals surface area contributed by atoms with Crippen molar-refractivity contribution in [1.29, 1.82) is 0 Å². The van der Waals surface area contributed by atoms with Gasteiger partial charge in [0.15, 0.2) is 0 Å². The first-order valence-corrected chi connectivity index (χ1v) is 9.69. The predicted molar refractivity (Wildman–Crippen MR) is 106 cm³/mol. The van der Waals surface area contributed by atoms with Crippen molar-refractivity contribution < 1.29 is 9.53 Å². The van der Waals surface area contributed by atoms with E-state index in [0.29, 0.717) is 19.6 Å². The lowest BCUT2D eigenvalue weighted by molar-refractivity contribution is -0.129. The van der Waals surface area contributed by atoms with Crippen molar-refractivity contribution in [3.05, 3.63) is 47.4 Å². The number of rotatable bonds is 4. The summed E-state index contributed by atoms with van der Waals surface area (Å²) in [6, 6.07) is 8.13. The molecule has 5 rings (SSSR count). The molecule has 28 heavy (non-hydrogen) atoms. The standard InChI is InChI=1S/C21H23N5O2/c1-21(5-6-21)28-15-4-3-14-11-22-20(16(14)9-15)17-10-18(24-13-23-17)26-8-7-25(2)19(27)12-26/h3-4,9-10,13H,5-8,11-12H2,1-2H3. The number of amides is 1. The normalized spacial score (nSPS) is 20.1. The van der Waals surface area contributed by atoms with Crippen LogP contribution in [0.2, 0.25) is 0 Å². The van der Waals surface area contributed by atoms with Gasteiger partial charge < -0.3 is 14.5 Å². The molecule has 1 amide bonds. The minimum atomic E-state index is -0.0137. The number of fused-ring (bicyclic) bond motifs is 1. The van der Waals surface area contributed by atoms with Crippen LogP contribution in [0.4, 0.5) is 5.82 Å². The Labute approximate surface area is 164 Å². The number of aliphatic imine (C=N–C) groups is 1. The van der Waals surface area contributed by atoms with Crippen LogP contribution in [0, 0.1) is 0 Å². The molecule has 1 aromatic carbocycles. The molecule has 0 unspecified atom stereocenters. The number of ether oxygens (including phenoxy) is 1. The molecule has 2 fully saturated rings. The molecule has 7 heteroatoms. The van der Waals surface area contributed by atoms with Gasteiger partial charge in [0.2, 0.25) is 5.91 Å². The molecule has 1 saturated carbocycles. The fourth-order valence-corrected chi connectivity index (χ4v) is 3.61. The number of anilines is 1. The van der Waals surface area contributed by atoms with Crippen LogP contribution in [-0.2, 0) is 11.3 Å². The van der Waals surface area contributed by atoms with Crippen LogP contribution < -0.4 is 9.64 Å². The molecule has 7 nitrogen and oxygen atoms in total. The average Bonchev–Trinajstić information content (AvgIpc) is 3.26. The highest BCUT2D eigenvalue weighted by molar-refractivity contribution is 6.14. The van der Waals surface area contributed by atoms with Crippen LogP contribution in [0.25, 0.3) is 0 Å². The molecule has 0 atom stereocenters. The summed E-state index contributed by atoms with van der Waals surface area (Å²) in [5.74, 6) is 1.75. The molecular weight excluding hydrogens is 354 g/mol. The molecule has 2 aromatic rings. The molecule has 3 heterocycles. The maximum Gasteiger partial charge on any atom is 0.241 e. The number of piperazine rings is 1. The highest BCUT2D eigenvalue weighted by atomic mass is 16.5. The van der Waals surface area contributed by atoms with Crippen molar-refractivity contribution in [2.75, 3.05) is 31.6 Å². The van der Waals surface area contributed by atoms with E-state index in [0.717, 1.165) is 47.9 Å². The van der Waals surface area contributed by atoms with Gasteiger partial charge >= 0.3 is 0 Å². The molecule has 2 aliphatic heterocycles. The van der Waals surface area contributed by atoms with Crippen LogP contribution in [0.3, 0.4) is 0 Å². The lowest BCUT2D eigenvalue weighted by Gasteiger charge is -2.32. The Bertz CT molecular complexity index is 983. The number of aromatic nitrogens is 2. The first-order chi connectivity index (χ1) is 13.5. The van der Waals surface area contributed by atoms with E-state index in [-0.39, 0.29) is 11.5 Å². The van der Waals surface area contributed by atoms with Crippen LogP contribution >= 0.6 is 0 Å². The van der Waals surface area contributed by atoms with E-state index in [9.17, 15) is 4.79 Å². The van der Waals surface area contributed by atoms with E-state index in [2.05, 4.69) is 29.0 Å². The number of carbonyl (C=O) groups excluding carboxylic acids is 1. The first kappa shape index (κ1) is 17.2. The molecule has 0 N–H and O–H groups in total. The Balaban J connectivity index is 1.42. The van der Waals surface area contributed by atoms with Crippen LogP contribution in [-0.4, -0.2) is 58.8 Å². The lowest BCUT2D eigenvalue weighted by atomic mass is 10.0. The molecule has 0 spiro atoms. The Kier molecular flexibility index (Phi) is 3.86. The zero-order chi connectivity index (χ0) is 19.3. The van der Waals surface area contributed by atoms with Crippen molar-refractivity contribution in [2.24, 2.45) is 4.99 Å². The van der Waals surface area contributed by atoms with E-state index in [1.54, 1.807) is 11.2 Å². The first-order valence-electron chi connectivity index (χ1n) is 9.69. The van der Waals surface area contributed by atoms with Gasteiger partial charge in [0.05, 0.1) is 24.5 Å². The number of benzene rings is 1. The van der Waals surface area contributed by atoms with E-state index in [4.69, 9.17) is 9.73 Å². The van der Waals surface area contributed by atoms with Gasteiger partial charge in [-0.05, 0) is 37.5 Å². The van der Waals surface area contributed by atoms with Gasteiger partial charge in [0.1, 0.15) is 23.5 Å². The van der Waals surface area contributed by atoms with Gasteiger partial charge in [-0.15, -0.1) is 0 Å². The summed E-state index contributed by atoms with van der Waals surface area (Å²) >= 11 is 0. The fourth-order valence-electron chi connectivity index (χ4n) is 3.61. The summed E-state index contributed by atoms with van der Waals surface area (Å²) in [5, 5.41) is 0. The van der Waals surface area contributed by atoms with Crippen LogP contribution in [0.5, 0.6) is 5.75 Å². The third-order valence-corrected chi connectivity index (χ3v) is 5.74. The topological polar surface area (TPSA) is 70.9 Å². The largest absolute Gasteiger partial charge is 0.488 e. The third-order valence-electron chi connectivity index (χ3n) is 5.74. The van der Waals surface area contributed by atoms with Gasteiger partial charge in [0.25, 0.3) is 0 Å². The summed E-state index contributed by atoms with van der Waals surface area (Å²) in [6.07, 6.45) is 3.76. The van der Waals surface area contributed by atoms with Crippen LogP contribution in [0.15, 0.2) is 35.6 Å². The minimum Gasteiger partial charge on any atom is -0.488 e. The Morgan fingerprint density at radius 3 is 2.79 bits per heavy atom. The quantitative estimate of drug-likeness (QED) is 0.815.